The third-order valence-electron chi connectivity index (χ3n) is 4.47. The molecule has 1 aliphatic rings. The molecule has 1 aliphatic heterocycles. The minimum Gasteiger partial charge on any atom is -0.451 e. The van der Waals surface area contributed by atoms with E-state index in [2.05, 4.69) is 23.9 Å². The highest BCUT2D eigenvalue weighted by atomic mass is 19.1. The number of benzene rings is 1. The largest absolute Gasteiger partial charge is 0.451 e. The summed E-state index contributed by atoms with van der Waals surface area (Å²) >= 11 is 0. The van der Waals surface area contributed by atoms with Crippen molar-refractivity contribution in [1.29, 1.82) is 0 Å². The van der Waals surface area contributed by atoms with Crippen molar-refractivity contribution in [2.45, 2.75) is 0 Å². The summed E-state index contributed by atoms with van der Waals surface area (Å²) in [6, 6.07) is 9.50. The maximum Gasteiger partial charge on any atom is 0.289 e. The fraction of sp³-hybridized carbons (Fsp3) is 0.421. The van der Waals surface area contributed by atoms with E-state index in [1.807, 2.05) is 4.90 Å². The van der Waals surface area contributed by atoms with Crippen molar-refractivity contribution in [2.75, 3.05) is 53.4 Å². The van der Waals surface area contributed by atoms with Crippen molar-refractivity contribution in [2.24, 2.45) is 0 Å². The summed E-state index contributed by atoms with van der Waals surface area (Å²) in [6.45, 7) is 5.21. The van der Waals surface area contributed by atoms with Crippen LogP contribution in [-0.4, -0.2) is 74.0 Å². The molecule has 0 aliphatic carbocycles. The van der Waals surface area contributed by atoms with Crippen molar-refractivity contribution in [3.63, 3.8) is 0 Å². The van der Waals surface area contributed by atoms with E-state index in [0.29, 0.717) is 24.6 Å². The molecule has 0 bridgehead atoms. The van der Waals surface area contributed by atoms with E-state index < -0.39 is 0 Å². The Morgan fingerprint density at radius 1 is 1.08 bits per heavy atom. The number of piperazine rings is 1. The molecular weight excluding hydrogens is 321 g/mol. The van der Waals surface area contributed by atoms with Gasteiger partial charge in [-0.2, -0.15) is 0 Å². The first kappa shape index (κ1) is 17.6. The lowest BCUT2D eigenvalue weighted by Crippen LogP contribution is -2.49. The number of carbonyl (C=O) groups excluding carboxylic acids is 1. The summed E-state index contributed by atoms with van der Waals surface area (Å²) in [5.74, 6) is 0.536. The van der Waals surface area contributed by atoms with Gasteiger partial charge in [-0.15, -0.1) is 0 Å². The van der Waals surface area contributed by atoms with Gasteiger partial charge in [-0.3, -0.25) is 9.69 Å². The van der Waals surface area contributed by atoms with Crippen LogP contribution >= 0.6 is 0 Å². The van der Waals surface area contributed by atoms with E-state index >= 15 is 0 Å². The lowest BCUT2D eigenvalue weighted by atomic mass is 10.2. The predicted molar refractivity (Wildman–Crippen MR) is 95.0 cm³/mol. The van der Waals surface area contributed by atoms with Crippen molar-refractivity contribution >= 4 is 5.91 Å². The van der Waals surface area contributed by atoms with Gasteiger partial charge in [0.15, 0.2) is 5.76 Å². The molecule has 0 saturated carbocycles. The minimum atomic E-state index is -0.293. The van der Waals surface area contributed by atoms with Gasteiger partial charge >= 0.3 is 0 Å². The van der Waals surface area contributed by atoms with E-state index in [-0.39, 0.29) is 11.7 Å². The van der Waals surface area contributed by atoms with Gasteiger partial charge in [-0.1, -0.05) is 0 Å². The van der Waals surface area contributed by atoms with Crippen LogP contribution in [0.2, 0.25) is 0 Å². The van der Waals surface area contributed by atoms with E-state index in [0.717, 1.165) is 31.7 Å². The fourth-order valence-corrected chi connectivity index (χ4v) is 2.89. The number of hydrogen-bond acceptors (Lipinski definition) is 4. The number of halogens is 1. The number of nitrogens with zero attached hydrogens (tertiary/aromatic N) is 3. The molecule has 0 unspecified atom stereocenters. The molecule has 5 nitrogen and oxygen atoms in total. The molecule has 0 radical (unpaired) electrons. The van der Waals surface area contributed by atoms with Crippen LogP contribution in [-0.2, 0) is 0 Å². The zero-order chi connectivity index (χ0) is 17.8. The van der Waals surface area contributed by atoms with Crippen molar-refractivity contribution in [3.8, 4) is 11.3 Å². The SMILES string of the molecule is CN(C)CCN1CCN(C(=O)c2ccc(-c3ccc(F)cc3)o2)CC1. The lowest BCUT2D eigenvalue weighted by molar-refractivity contribution is 0.0600. The molecule has 3 rings (SSSR count). The number of hydrogen-bond donors (Lipinski definition) is 0. The smallest absolute Gasteiger partial charge is 0.289 e. The van der Waals surface area contributed by atoms with Gasteiger partial charge < -0.3 is 14.2 Å². The molecule has 1 aromatic heterocycles. The highest BCUT2D eigenvalue weighted by molar-refractivity contribution is 5.92. The third-order valence-corrected chi connectivity index (χ3v) is 4.47. The molecule has 1 fully saturated rings. The standard InChI is InChI=1S/C19H24FN3O2/c1-21(2)9-10-22-11-13-23(14-12-22)19(24)18-8-7-17(25-18)15-3-5-16(20)6-4-15/h3-8H,9-14H2,1-2H3. The summed E-state index contributed by atoms with van der Waals surface area (Å²) in [6.07, 6.45) is 0. The molecule has 0 spiro atoms. The maximum atomic E-state index is 13.0. The van der Waals surface area contributed by atoms with Crippen LogP contribution < -0.4 is 0 Å². The summed E-state index contributed by atoms with van der Waals surface area (Å²) in [7, 11) is 4.13. The Morgan fingerprint density at radius 2 is 1.76 bits per heavy atom. The molecule has 0 atom stereocenters. The number of amides is 1. The van der Waals surface area contributed by atoms with Gasteiger partial charge in [0.25, 0.3) is 5.91 Å². The summed E-state index contributed by atoms with van der Waals surface area (Å²) in [5, 5.41) is 0. The van der Waals surface area contributed by atoms with Gasteiger partial charge in [-0.25, -0.2) is 4.39 Å². The highest BCUT2D eigenvalue weighted by Crippen LogP contribution is 2.23. The van der Waals surface area contributed by atoms with Gasteiger partial charge in [-0.05, 0) is 50.5 Å². The predicted octanol–water partition coefficient (Wildman–Crippen LogP) is 2.41. The molecule has 2 aromatic rings. The highest BCUT2D eigenvalue weighted by Gasteiger charge is 2.24. The molecule has 2 heterocycles. The first-order chi connectivity index (χ1) is 12.0. The van der Waals surface area contributed by atoms with Gasteiger partial charge in [0.1, 0.15) is 11.6 Å². The summed E-state index contributed by atoms with van der Waals surface area (Å²) < 4.78 is 18.7. The molecule has 25 heavy (non-hydrogen) atoms. The molecule has 134 valence electrons. The van der Waals surface area contributed by atoms with Crippen LogP contribution in [0.25, 0.3) is 11.3 Å². The van der Waals surface area contributed by atoms with E-state index in [4.69, 9.17) is 4.42 Å². The maximum absolute atomic E-state index is 13.0. The third kappa shape index (κ3) is 4.46. The van der Waals surface area contributed by atoms with Gasteiger partial charge in [0, 0.05) is 44.8 Å². The fourth-order valence-electron chi connectivity index (χ4n) is 2.89. The Hall–Kier alpha value is -2.18. The number of carbonyl (C=O) groups is 1. The number of rotatable bonds is 5. The number of likely N-dealkylation sites (N-methyl/N-ethyl adjacent to an activating group) is 1. The zero-order valence-corrected chi connectivity index (χ0v) is 14.7. The van der Waals surface area contributed by atoms with Crippen LogP contribution in [0.3, 0.4) is 0 Å². The Balaban J connectivity index is 1.58. The van der Waals surface area contributed by atoms with Crippen molar-refractivity contribution in [3.05, 3.63) is 48.0 Å². The van der Waals surface area contributed by atoms with Crippen LogP contribution in [0.1, 0.15) is 10.6 Å². The van der Waals surface area contributed by atoms with Crippen LogP contribution in [0.5, 0.6) is 0 Å². The lowest BCUT2D eigenvalue weighted by Gasteiger charge is -2.34. The second-order valence-corrected chi connectivity index (χ2v) is 6.61. The monoisotopic (exact) mass is 345 g/mol. The average Bonchev–Trinajstić information content (AvgIpc) is 3.10. The Bertz CT molecular complexity index is 704. The van der Waals surface area contributed by atoms with E-state index in [9.17, 15) is 9.18 Å². The second-order valence-electron chi connectivity index (χ2n) is 6.61. The Kier molecular flexibility index (Phi) is 5.50. The van der Waals surface area contributed by atoms with E-state index in [1.165, 1.54) is 12.1 Å². The molecule has 1 aromatic carbocycles. The summed E-state index contributed by atoms with van der Waals surface area (Å²) in [5.41, 5.74) is 0.758. The molecule has 1 amide bonds. The van der Waals surface area contributed by atoms with Gasteiger partial charge in [0.2, 0.25) is 0 Å². The first-order valence-electron chi connectivity index (χ1n) is 8.55. The van der Waals surface area contributed by atoms with Crippen LogP contribution in [0, 0.1) is 5.82 Å². The first-order valence-corrected chi connectivity index (χ1v) is 8.55. The normalized spacial score (nSPS) is 15.8. The molecular formula is C19H24FN3O2. The molecule has 0 N–H and O–H groups in total. The number of furan rings is 1. The summed E-state index contributed by atoms with van der Waals surface area (Å²) in [4.78, 5) is 19.0. The van der Waals surface area contributed by atoms with E-state index in [1.54, 1.807) is 24.3 Å². The zero-order valence-electron chi connectivity index (χ0n) is 14.7. The quantitative estimate of drug-likeness (QED) is 0.834. The average molecular weight is 345 g/mol. The topological polar surface area (TPSA) is 39.9 Å². The van der Waals surface area contributed by atoms with Crippen LogP contribution in [0.15, 0.2) is 40.8 Å². The second kappa shape index (κ2) is 7.80. The Morgan fingerprint density at radius 3 is 2.40 bits per heavy atom. The minimum absolute atomic E-state index is 0.0828. The Labute approximate surface area is 147 Å². The molecule has 6 heteroatoms. The van der Waals surface area contributed by atoms with Gasteiger partial charge in [0.05, 0.1) is 0 Å². The molecule has 1 saturated heterocycles. The van der Waals surface area contributed by atoms with Crippen molar-refractivity contribution in [1.82, 2.24) is 14.7 Å². The van der Waals surface area contributed by atoms with Crippen molar-refractivity contribution < 1.29 is 13.6 Å². The van der Waals surface area contributed by atoms with Crippen LogP contribution in [0.4, 0.5) is 4.39 Å².